The molecule has 2 nitrogen and oxygen atoms in total. The molecule has 0 aliphatic carbocycles. The number of methoxy groups -OCH3 is 1. The first-order chi connectivity index (χ1) is 7.04. The van der Waals surface area contributed by atoms with E-state index < -0.39 is 17.6 Å². The molecule has 0 aliphatic rings. The summed E-state index contributed by atoms with van der Waals surface area (Å²) in [7, 11) is 1.23. The summed E-state index contributed by atoms with van der Waals surface area (Å²) in [5, 5.41) is 0. The van der Waals surface area contributed by atoms with Crippen LogP contribution in [0.15, 0.2) is 18.2 Å². The van der Waals surface area contributed by atoms with E-state index in [1.807, 2.05) is 0 Å². The molecule has 0 radical (unpaired) electrons. The van der Waals surface area contributed by atoms with E-state index >= 15 is 0 Å². The summed E-state index contributed by atoms with van der Waals surface area (Å²) in [5.41, 5.74) is 0.242. The third kappa shape index (κ3) is 2.87. The molecule has 0 aromatic heterocycles. The number of halogens is 2. The van der Waals surface area contributed by atoms with Crippen molar-refractivity contribution in [2.75, 3.05) is 7.11 Å². The minimum Gasteiger partial charge on any atom is -0.466 e. The number of benzene rings is 1. The van der Waals surface area contributed by atoms with Gasteiger partial charge in [0.25, 0.3) is 0 Å². The van der Waals surface area contributed by atoms with Crippen molar-refractivity contribution in [2.24, 2.45) is 0 Å². The number of rotatable bonds is 2. The number of ether oxygens (including phenoxy) is 1. The lowest BCUT2D eigenvalue weighted by Crippen LogP contribution is -1.94. The van der Waals surface area contributed by atoms with Gasteiger partial charge < -0.3 is 4.74 Å². The van der Waals surface area contributed by atoms with Crippen molar-refractivity contribution < 1.29 is 18.3 Å². The molecule has 0 amide bonds. The monoisotopic (exact) mass is 212 g/mol. The van der Waals surface area contributed by atoms with Crippen molar-refractivity contribution in [3.63, 3.8) is 0 Å². The van der Waals surface area contributed by atoms with Crippen molar-refractivity contribution in [2.45, 2.75) is 6.92 Å². The molecule has 80 valence electrons. The standard InChI is InChI=1S/C11H10F2O2/c1-7-9(12)5-8(6-10(7)13)3-4-11(14)15-2/h3-6H,1-2H3/b4-3+. The van der Waals surface area contributed by atoms with Gasteiger partial charge in [0.2, 0.25) is 0 Å². The molecule has 0 spiro atoms. The predicted octanol–water partition coefficient (Wildman–Crippen LogP) is 2.46. The maximum absolute atomic E-state index is 13.1. The van der Waals surface area contributed by atoms with Gasteiger partial charge in [-0.15, -0.1) is 0 Å². The van der Waals surface area contributed by atoms with Crippen LogP contribution in [0.1, 0.15) is 11.1 Å². The third-order valence-electron chi connectivity index (χ3n) is 1.92. The summed E-state index contributed by atoms with van der Waals surface area (Å²) < 4.78 is 30.5. The summed E-state index contributed by atoms with van der Waals surface area (Å²) in [6, 6.07) is 2.30. The predicted molar refractivity (Wildman–Crippen MR) is 52.1 cm³/mol. The molecule has 0 N–H and O–H groups in total. The number of hydrogen-bond acceptors (Lipinski definition) is 2. The first-order valence-electron chi connectivity index (χ1n) is 4.26. The van der Waals surface area contributed by atoms with Gasteiger partial charge in [-0.25, -0.2) is 13.6 Å². The highest BCUT2D eigenvalue weighted by atomic mass is 19.1. The molecule has 0 saturated carbocycles. The molecular weight excluding hydrogens is 202 g/mol. The smallest absolute Gasteiger partial charge is 0.330 e. The third-order valence-corrected chi connectivity index (χ3v) is 1.92. The molecule has 0 saturated heterocycles. The zero-order valence-electron chi connectivity index (χ0n) is 8.38. The Labute approximate surface area is 86.2 Å². The molecule has 1 aromatic rings. The van der Waals surface area contributed by atoms with Crippen LogP contribution in [0.25, 0.3) is 6.08 Å². The fourth-order valence-corrected chi connectivity index (χ4v) is 0.993. The van der Waals surface area contributed by atoms with Gasteiger partial charge in [-0.2, -0.15) is 0 Å². The normalized spacial score (nSPS) is 10.7. The molecule has 0 bridgehead atoms. The van der Waals surface area contributed by atoms with E-state index in [4.69, 9.17) is 0 Å². The number of carbonyl (C=O) groups is 1. The van der Waals surface area contributed by atoms with Crippen molar-refractivity contribution in [1.29, 1.82) is 0 Å². The zero-order valence-corrected chi connectivity index (χ0v) is 8.38. The van der Waals surface area contributed by atoms with Crippen LogP contribution in [0, 0.1) is 18.6 Å². The Morgan fingerprint density at radius 1 is 1.33 bits per heavy atom. The Morgan fingerprint density at radius 2 is 1.87 bits per heavy atom. The fourth-order valence-electron chi connectivity index (χ4n) is 0.993. The molecule has 0 heterocycles. The van der Waals surface area contributed by atoms with Gasteiger partial charge in [-0.3, -0.25) is 0 Å². The van der Waals surface area contributed by atoms with Crippen molar-refractivity contribution in [3.05, 3.63) is 41.0 Å². The number of esters is 1. The summed E-state index contributed by atoms with van der Waals surface area (Å²) in [6.45, 7) is 1.35. The van der Waals surface area contributed by atoms with Gasteiger partial charge in [0.05, 0.1) is 7.11 Å². The Morgan fingerprint density at radius 3 is 2.33 bits per heavy atom. The maximum atomic E-state index is 13.1. The molecule has 0 atom stereocenters. The second-order valence-corrected chi connectivity index (χ2v) is 2.97. The first kappa shape index (κ1) is 11.4. The van der Waals surface area contributed by atoms with E-state index in [0.29, 0.717) is 0 Å². The molecule has 0 unspecified atom stereocenters. The lowest BCUT2D eigenvalue weighted by Gasteiger charge is -2.00. The average Bonchev–Trinajstić information content (AvgIpc) is 2.22. The average molecular weight is 212 g/mol. The van der Waals surface area contributed by atoms with Crippen LogP contribution in [0.2, 0.25) is 0 Å². The van der Waals surface area contributed by atoms with Crippen molar-refractivity contribution in [3.8, 4) is 0 Å². The molecule has 0 aliphatic heterocycles. The van der Waals surface area contributed by atoms with E-state index in [2.05, 4.69) is 4.74 Å². The molecule has 15 heavy (non-hydrogen) atoms. The van der Waals surface area contributed by atoms with E-state index in [9.17, 15) is 13.6 Å². The summed E-state index contributed by atoms with van der Waals surface area (Å²) in [4.78, 5) is 10.7. The Hall–Kier alpha value is -1.71. The highest BCUT2D eigenvalue weighted by Crippen LogP contribution is 2.15. The highest BCUT2D eigenvalue weighted by Gasteiger charge is 2.05. The van der Waals surface area contributed by atoms with Gasteiger partial charge in [-0.05, 0) is 30.7 Å². The van der Waals surface area contributed by atoms with Gasteiger partial charge in [0, 0.05) is 11.6 Å². The van der Waals surface area contributed by atoms with Crippen LogP contribution < -0.4 is 0 Å². The zero-order chi connectivity index (χ0) is 11.4. The quantitative estimate of drug-likeness (QED) is 0.556. The maximum Gasteiger partial charge on any atom is 0.330 e. The van der Waals surface area contributed by atoms with Crippen LogP contribution in [0.3, 0.4) is 0 Å². The highest BCUT2D eigenvalue weighted by molar-refractivity contribution is 5.86. The van der Waals surface area contributed by atoms with Gasteiger partial charge in [-0.1, -0.05) is 0 Å². The molecule has 4 heteroatoms. The second kappa shape index (κ2) is 4.68. The van der Waals surface area contributed by atoms with Gasteiger partial charge in [0.15, 0.2) is 0 Å². The molecular formula is C11H10F2O2. The summed E-state index contributed by atoms with van der Waals surface area (Å²) in [5.74, 6) is -1.85. The Kier molecular flexibility index (Phi) is 3.55. The Balaban J connectivity index is 2.97. The number of carbonyl (C=O) groups excluding carboxylic acids is 1. The van der Waals surface area contributed by atoms with Crippen molar-refractivity contribution in [1.82, 2.24) is 0 Å². The van der Waals surface area contributed by atoms with Crippen molar-refractivity contribution >= 4 is 12.0 Å². The molecule has 0 fully saturated rings. The minimum atomic E-state index is -0.639. The summed E-state index contributed by atoms with van der Waals surface area (Å²) in [6.07, 6.45) is 2.39. The molecule has 1 rings (SSSR count). The lowest BCUT2D eigenvalue weighted by molar-refractivity contribution is -0.134. The van der Waals surface area contributed by atoms with E-state index in [-0.39, 0.29) is 11.1 Å². The van der Waals surface area contributed by atoms with Crippen LogP contribution in [-0.4, -0.2) is 13.1 Å². The number of hydrogen-bond donors (Lipinski definition) is 0. The van der Waals surface area contributed by atoms with Gasteiger partial charge in [0.1, 0.15) is 11.6 Å². The van der Waals surface area contributed by atoms with Crippen LogP contribution in [0.5, 0.6) is 0 Å². The fraction of sp³-hybridized carbons (Fsp3) is 0.182. The van der Waals surface area contributed by atoms with Crippen LogP contribution in [-0.2, 0) is 9.53 Å². The van der Waals surface area contributed by atoms with Gasteiger partial charge >= 0.3 is 5.97 Å². The van der Waals surface area contributed by atoms with E-state index in [1.54, 1.807) is 0 Å². The second-order valence-electron chi connectivity index (χ2n) is 2.97. The molecule has 1 aromatic carbocycles. The SMILES string of the molecule is COC(=O)/C=C/c1cc(F)c(C)c(F)c1. The first-order valence-corrected chi connectivity index (χ1v) is 4.26. The largest absolute Gasteiger partial charge is 0.466 e. The summed E-state index contributed by atoms with van der Waals surface area (Å²) >= 11 is 0. The lowest BCUT2D eigenvalue weighted by atomic mass is 10.1. The van der Waals surface area contributed by atoms with Crippen LogP contribution >= 0.6 is 0 Å². The van der Waals surface area contributed by atoms with Crippen LogP contribution in [0.4, 0.5) is 8.78 Å². The van der Waals surface area contributed by atoms with E-state index in [1.165, 1.54) is 20.1 Å². The topological polar surface area (TPSA) is 26.3 Å². The minimum absolute atomic E-state index is 0.0368. The van der Waals surface area contributed by atoms with E-state index in [0.717, 1.165) is 18.2 Å². The Bertz CT molecular complexity index is 388.